The van der Waals surface area contributed by atoms with E-state index in [9.17, 15) is 0 Å². The first-order chi connectivity index (χ1) is 8.77. The fourth-order valence-corrected chi connectivity index (χ4v) is 3.17. The largest absolute Gasteiger partial charge is 0.109 e. The van der Waals surface area contributed by atoms with E-state index < -0.39 is 0 Å². The summed E-state index contributed by atoms with van der Waals surface area (Å²) in [6, 6.07) is 6.78. The molecule has 1 heteroatoms. The molecule has 0 N–H and O–H groups in total. The number of allylic oxidation sites excluding steroid dienone is 2. The Morgan fingerprint density at radius 3 is 2.44 bits per heavy atom. The van der Waals surface area contributed by atoms with Gasteiger partial charge in [-0.15, -0.1) is 9.24 Å². The minimum Gasteiger partial charge on any atom is -0.109 e. The van der Waals surface area contributed by atoms with Gasteiger partial charge >= 0.3 is 0 Å². The van der Waals surface area contributed by atoms with Crippen molar-refractivity contribution in [2.24, 2.45) is 0 Å². The topological polar surface area (TPSA) is 0 Å². The zero-order chi connectivity index (χ0) is 13.0. The second-order valence-corrected chi connectivity index (χ2v) is 5.79. The van der Waals surface area contributed by atoms with Crippen LogP contribution in [0, 0.1) is 6.42 Å². The lowest BCUT2D eigenvalue weighted by Crippen LogP contribution is -1.95. The van der Waals surface area contributed by atoms with E-state index in [1.807, 2.05) is 0 Å². The molecule has 2 rings (SSSR count). The van der Waals surface area contributed by atoms with E-state index >= 15 is 0 Å². The molecule has 0 heterocycles. The minimum atomic E-state index is 1.22. The Morgan fingerprint density at radius 2 is 1.72 bits per heavy atom. The van der Waals surface area contributed by atoms with Crippen LogP contribution in [-0.4, -0.2) is 0 Å². The molecular weight excluding hydrogens is 235 g/mol. The maximum absolute atomic E-state index is 2.93. The van der Waals surface area contributed by atoms with Gasteiger partial charge in [-0.05, 0) is 53.3 Å². The van der Waals surface area contributed by atoms with Gasteiger partial charge in [0.1, 0.15) is 0 Å². The molecule has 1 aromatic carbocycles. The van der Waals surface area contributed by atoms with Crippen LogP contribution in [0.4, 0.5) is 0 Å². The number of hydrogen-bond donors (Lipinski definition) is 0. The smallest absolute Gasteiger partial charge is 0.0207 e. The number of aryl methyl sites for hydroxylation is 1. The average Bonchev–Trinajstić information content (AvgIpc) is 2.70. The van der Waals surface area contributed by atoms with Crippen molar-refractivity contribution in [3.8, 4) is 0 Å². The van der Waals surface area contributed by atoms with Gasteiger partial charge in [-0.25, -0.2) is 0 Å². The molecule has 0 saturated heterocycles. The van der Waals surface area contributed by atoms with Crippen molar-refractivity contribution in [2.45, 2.75) is 52.4 Å². The van der Waals surface area contributed by atoms with Crippen molar-refractivity contribution in [2.75, 3.05) is 0 Å². The standard InChI is InChI=1S/C17H24P/c1-3-5-8-13-9-7-10-14-12-16(18)15(17(13)14)11-6-4-2/h7,9-10,12H,3-6,8,11,18H2,1-2H3. The predicted molar refractivity (Wildman–Crippen MR) is 84.6 cm³/mol. The SMILES string of the molecule is CCCCC1=C(P)[CH]c2cccc(CCCC)c21. The number of benzene rings is 1. The second-order valence-electron chi connectivity index (χ2n) is 5.17. The lowest BCUT2D eigenvalue weighted by atomic mass is 9.93. The van der Waals surface area contributed by atoms with Gasteiger partial charge in [-0.2, -0.15) is 0 Å². The van der Waals surface area contributed by atoms with Crippen LogP contribution in [0.25, 0.3) is 5.57 Å². The molecule has 0 saturated carbocycles. The van der Waals surface area contributed by atoms with E-state index in [-0.39, 0.29) is 0 Å². The molecule has 1 aliphatic rings. The molecule has 0 fully saturated rings. The van der Waals surface area contributed by atoms with Crippen LogP contribution in [0.15, 0.2) is 23.5 Å². The summed E-state index contributed by atoms with van der Waals surface area (Å²) < 4.78 is 0. The molecule has 97 valence electrons. The fourth-order valence-electron chi connectivity index (χ4n) is 2.71. The van der Waals surface area contributed by atoms with Gasteiger partial charge in [-0.1, -0.05) is 44.9 Å². The zero-order valence-corrected chi connectivity index (χ0v) is 12.8. The number of fused-ring (bicyclic) bond motifs is 1. The molecule has 1 aliphatic carbocycles. The van der Waals surface area contributed by atoms with E-state index in [0.29, 0.717) is 0 Å². The summed E-state index contributed by atoms with van der Waals surface area (Å²) in [5.74, 6) is 0. The molecule has 1 aromatic rings. The van der Waals surface area contributed by atoms with Crippen molar-refractivity contribution in [3.05, 3.63) is 46.6 Å². The van der Waals surface area contributed by atoms with Crippen LogP contribution < -0.4 is 0 Å². The minimum absolute atomic E-state index is 1.22. The number of hydrogen-bond acceptors (Lipinski definition) is 0. The maximum atomic E-state index is 2.93. The highest BCUT2D eigenvalue weighted by Gasteiger charge is 2.21. The van der Waals surface area contributed by atoms with Gasteiger partial charge in [0.2, 0.25) is 0 Å². The van der Waals surface area contributed by atoms with Crippen LogP contribution in [0.3, 0.4) is 0 Å². The number of unbranched alkanes of at least 4 members (excludes halogenated alkanes) is 2. The van der Waals surface area contributed by atoms with E-state index in [1.165, 1.54) is 49.4 Å². The third kappa shape index (κ3) is 2.86. The van der Waals surface area contributed by atoms with E-state index in [0.717, 1.165) is 0 Å². The summed E-state index contributed by atoms with van der Waals surface area (Å²) in [6.07, 6.45) is 9.92. The van der Waals surface area contributed by atoms with Gasteiger partial charge in [0.15, 0.2) is 0 Å². The third-order valence-electron chi connectivity index (χ3n) is 3.72. The summed E-state index contributed by atoms with van der Waals surface area (Å²) >= 11 is 0. The highest BCUT2D eigenvalue weighted by molar-refractivity contribution is 7.23. The van der Waals surface area contributed by atoms with Crippen molar-refractivity contribution in [1.29, 1.82) is 0 Å². The second kappa shape index (κ2) is 6.53. The van der Waals surface area contributed by atoms with Crippen molar-refractivity contribution >= 4 is 14.8 Å². The Labute approximate surface area is 114 Å². The van der Waals surface area contributed by atoms with Crippen LogP contribution >= 0.6 is 9.24 Å². The van der Waals surface area contributed by atoms with Gasteiger partial charge < -0.3 is 0 Å². The molecule has 0 spiro atoms. The van der Waals surface area contributed by atoms with Crippen LogP contribution in [0.1, 0.15) is 62.6 Å². The summed E-state index contributed by atoms with van der Waals surface area (Å²) in [4.78, 5) is 0. The third-order valence-corrected chi connectivity index (χ3v) is 4.24. The van der Waals surface area contributed by atoms with E-state index in [1.54, 1.807) is 16.7 Å². The molecule has 1 atom stereocenters. The van der Waals surface area contributed by atoms with Crippen molar-refractivity contribution in [1.82, 2.24) is 0 Å². The molecule has 1 unspecified atom stereocenters. The molecular formula is C17H24P. The quantitative estimate of drug-likeness (QED) is 0.602. The van der Waals surface area contributed by atoms with Crippen LogP contribution in [0.2, 0.25) is 0 Å². The molecule has 0 amide bonds. The molecule has 18 heavy (non-hydrogen) atoms. The Morgan fingerprint density at radius 1 is 1.00 bits per heavy atom. The number of rotatable bonds is 6. The van der Waals surface area contributed by atoms with Crippen molar-refractivity contribution in [3.63, 3.8) is 0 Å². The van der Waals surface area contributed by atoms with Crippen LogP contribution in [-0.2, 0) is 6.42 Å². The molecule has 0 aliphatic heterocycles. The van der Waals surface area contributed by atoms with E-state index in [4.69, 9.17) is 0 Å². The lowest BCUT2D eigenvalue weighted by molar-refractivity contribution is 0.790. The average molecular weight is 259 g/mol. The monoisotopic (exact) mass is 259 g/mol. The maximum Gasteiger partial charge on any atom is 0.0207 e. The van der Waals surface area contributed by atoms with Crippen LogP contribution in [0.5, 0.6) is 0 Å². The van der Waals surface area contributed by atoms with E-state index in [2.05, 4.69) is 47.7 Å². The summed E-state index contributed by atoms with van der Waals surface area (Å²) in [5, 5.41) is 1.40. The first-order valence-electron chi connectivity index (χ1n) is 7.23. The molecule has 1 radical (unpaired) electrons. The van der Waals surface area contributed by atoms with Gasteiger partial charge in [-0.3, -0.25) is 0 Å². The highest BCUT2D eigenvalue weighted by Crippen LogP contribution is 2.42. The first kappa shape index (κ1) is 13.8. The normalized spacial score (nSPS) is 14.2. The molecule has 0 bridgehead atoms. The first-order valence-corrected chi connectivity index (χ1v) is 7.81. The fraction of sp³-hybridized carbons (Fsp3) is 0.471. The molecule has 0 aromatic heterocycles. The Bertz CT molecular complexity index is 443. The Kier molecular flexibility index (Phi) is 5.01. The summed E-state index contributed by atoms with van der Waals surface area (Å²) in [5.41, 5.74) is 6.10. The summed E-state index contributed by atoms with van der Waals surface area (Å²) in [7, 11) is 2.93. The van der Waals surface area contributed by atoms with Gasteiger partial charge in [0.25, 0.3) is 0 Å². The lowest BCUT2D eigenvalue weighted by Gasteiger charge is -2.12. The van der Waals surface area contributed by atoms with Crippen molar-refractivity contribution < 1.29 is 0 Å². The Hall–Kier alpha value is -0.610. The van der Waals surface area contributed by atoms with Gasteiger partial charge in [0.05, 0.1) is 0 Å². The zero-order valence-electron chi connectivity index (χ0n) is 11.6. The summed E-state index contributed by atoms with van der Waals surface area (Å²) in [6.45, 7) is 4.54. The predicted octanol–water partition coefficient (Wildman–Crippen LogP) is 5.37. The van der Waals surface area contributed by atoms with Gasteiger partial charge in [0, 0.05) is 6.42 Å². The Balaban J connectivity index is 2.29. The highest BCUT2D eigenvalue weighted by atomic mass is 31.0. The molecule has 0 nitrogen and oxygen atoms in total.